The van der Waals surface area contributed by atoms with E-state index in [0.29, 0.717) is 0 Å². The van der Waals surface area contributed by atoms with Gasteiger partial charge in [0, 0.05) is 6.04 Å². The first-order valence-electron chi connectivity index (χ1n) is 8.90. The van der Waals surface area contributed by atoms with Gasteiger partial charge in [-0.1, -0.05) is 46.8 Å². The van der Waals surface area contributed by atoms with Crippen molar-refractivity contribution in [2.45, 2.75) is 84.6 Å². The zero-order valence-electron chi connectivity index (χ0n) is 14.7. The van der Waals surface area contributed by atoms with E-state index in [0.717, 1.165) is 31.8 Å². The third-order valence-corrected chi connectivity index (χ3v) is 4.97. The Kier molecular flexibility index (Phi) is 5.48. The molecule has 118 valence electrons. The molecule has 0 aliphatic heterocycles. The molecule has 0 amide bonds. The van der Waals surface area contributed by atoms with Crippen molar-refractivity contribution in [2.24, 2.45) is 0 Å². The molecule has 0 spiro atoms. The maximum atomic E-state index is 3.68. The lowest BCUT2D eigenvalue weighted by Crippen LogP contribution is -2.28. The van der Waals surface area contributed by atoms with Gasteiger partial charge in [-0.15, -0.1) is 0 Å². The Hall–Kier alpha value is -0.820. The van der Waals surface area contributed by atoms with Crippen molar-refractivity contribution in [3.05, 3.63) is 34.4 Å². The van der Waals surface area contributed by atoms with E-state index in [1.807, 2.05) is 0 Å². The lowest BCUT2D eigenvalue weighted by atomic mass is 9.74. The first-order valence-corrected chi connectivity index (χ1v) is 8.90. The normalized spacial score (nSPS) is 15.5. The van der Waals surface area contributed by atoms with Crippen LogP contribution in [0.4, 0.5) is 0 Å². The molecule has 0 unspecified atom stereocenters. The summed E-state index contributed by atoms with van der Waals surface area (Å²) in [6.45, 7) is 12.9. The highest BCUT2D eigenvalue weighted by atomic mass is 14.9. The summed E-state index contributed by atoms with van der Waals surface area (Å²) in [5.41, 5.74) is 6.54. The van der Waals surface area contributed by atoms with Gasteiger partial charge in [0.05, 0.1) is 0 Å². The molecule has 0 radical (unpaired) electrons. The van der Waals surface area contributed by atoms with Crippen molar-refractivity contribution in [3.63, 3.8) is 0 Å². The Balaban J connectivity index is 2.25. The monoisotopic (exact) mass is 287 g/mol. The van der Waals surface area contributed by atoms with Gasteiger partial charge in [-0.2, -0.15) is 0 Å². The van der Waals surface area contributed by atoms with Crippen LogP contribution in [0.5, 0.6) is 0 Å². The van der Waals surface area contributed by atoms with Crippen molar-refractivity contribution < 1.29 is 0 Å². The third-order valence-electron chi connectivity index (χ3n) is 4.97. The molecule has 0 atom stereocenters. The molecule has 2 rings (SSSR count). The Morgan fingerprint density at radius 1 is 1.00 bits per heavy atom. The summed E-state index contributed by atoms with van der Waals surface area (Å²) in [5.74, 6) is 0. The highest BCUT2D eigenvalue weighted by Gasteiger charge is 2.27. The van der Waals surface area contributed by atoms with Crippen molar-refractivity contribution in [2.75, 3.05) is 6.54 Å². The maximum Gasteiger partial charge on any atom is 0.00682 e. The fraction of sp³-hybridized carbons (Fsp3) is 0.700. The molecule has 0 saturated heterocycles. The van der Waals surface area contributed by atoms with E-state index in [1.165, 1.54) is 24.8 Å². The molecule has 1 aliphatic rings. The Morgan fingerprint density at radius 3 is 2.00 bits per heavy atom. The summed E-state index contributed by atoms with van der Waals surface area (Å²) in [6.07, 6.45) is 7.43. The van der Waals surface area contributed by atoms with Gasteiger partial charge >= 0.3 is 0 Å². The van der Waals surface area contributed by atoms with Gasteiger partial charge in [0.1, 0.15) is 0 Å². The fourth-order valence-electron chi connectivity index (χ4n) is 3.47. The van der Waals surface area contributed by atoms with Gasteiger partial charge in [-0.05, 0) is 72.7 Å². The van der Waals surface area contributed by atoms with Crippen molar-refractivity contribution in [1.82, 2.24) is 5.32 Å². The second-order valence-electron chi connectivity index (χ2n) is 7.21. The van der Waals surface area contributed by atoms with Gasteiger partial charge in [-0.3, -0.25) is 0 Å². The summed E-state index contributed by atoms with van der Waals surface area (Å²) in [4.78, 5) is 0. The molecule has 1 aromatic carbocycles. The van der Waals surface area contributed by atoms with E-state index < -0.39 is 0 Å². The zero-order chi connectivity index (χ0) is 15.5. The molecule has 1 N–H and O–H groups in total. The molecule has 1 heteroatoms. The summed E-state index contributed by atoms with van der Waals surface area (Å²) in [7, 11) is 0. The Bertz CT molecular complexity index is 444. The van der Waals surface area contributed by atoms with Gasteiger partial charge < -0.3 is 5.32 Å². The molecule has 1 nitrogen and oxygen atoms in total. The highest BCUT2D eigenvalue weighted by Crippen LogP contribution is 2.34. The number of aryl methyl sites for hydroxylation is 3. The van der Waals surface area contributed by atoms with Crippen LogP contribution in [-0.2, 0) is 24.7 Å². The minimum Gasteiger partial charge on any atom is -0.314 e. The fourth-order valence-corrected chi connectivity index (χ4v) is 3.47. The lowest BCUT2D eigenvalue weighted by molar-refractivity contribution is 0.449. The lowest BCUT2D eigenvalue weighted by Gasteiger charge is -2.31. The molecule has 1 aromatic rings. The van der Waals surface area contributed by atoms with E-state index in [4.69, 9.17) is 0 Å². The average molecular weight is 287 g/mol. The van der Waals surface area contributed by atoms with Gasteiger partial charge in [0.25, 0.3) is 0 Å². The molecule has 21 heavy (non-hydrogen) atoms. The number of nitrogens with one attached hydrogen (secondary N) is 1. The van der Waals surface area contributed by atoms with E-state index in [-0.39, 0.29) is 5.41 Å². The average Bonchev–Trinajstić information content (AvgIpc) is 3.29. The molecule has 0 heterocycles. The molecule has 1 saturated carbocycles. The van der Waals surface area contributed by atoms with E-state index in [9.17, 15) is 0 Å². The SMILES string of the molecule is CCc1cc(CC)c(C(C)(C)CCNC2CC2)c(CC)c1. The third kappa shape index (κ3) is 4.10. The van der Waals surface area contributed by atoms with Crippen molar-refractivity contribution in [1.29, 1.82) is 0 Å². The van der Waals surface area contributed by atoms with Crippen molar-refractivity contribution >= 4 is 0 Å². The minimum absolute atomic E-state index is 0.269. The first kappa shape index (κ1) is 16.5. The topological polar surface area (TPSA) is 12.0 Å². The summed E-state index contributed by atoms with van der Waals surface area (Å²) < 4.78 is 0. The quantitative estimate of drug-likeness (QED) is 0.724. The van der Waals surface area contributed by atoms with Crippen LogP contribution in [0.3, 0.4) is 0 Å². The van der Waals surface area contributed by atoms with Crippen LogP contribution in [-0.4, -0.2) is 12.6 Å². The number of hydrogen-bond acceptors (Lipinski definition) is 1. The van der Waals surface area contributed by atoms with Crippen LogP contribution in [0.15, 0.2) is 12.1 Å². The molecule has 0 aromatic heterocycles. The van der Waals surface area contributed by atoms with Gasteiger partial charge in [0.2, 0.25) is 0 Å². The van der Waals surface area contributed by atoms with Crippen LogP contribution in [0.25, 0.3) is 0 Å². The molecular weight excluding hydrogens is 254 g/mol. The van der Waals surface area contributed by atoms with Crippen LogP contribution < -0.4 is 5.32 Å². The van der Waals surface area contributed by atoms with Gasteiger partial charge in [0.15, 0.2) is 0 Å². The second kappa shape index (κ2) is 6.96. The number of rotatable bonds is 8. The maximum absolute atomic E-state index is 3.68. The Morgan fingerprint density at radius 2 is 1.57 bits per heavy atom. The largest absolute Gasteiger partial charge is 0.314 e. The second-order valence-corrected chi connectivity index (χ2v) is 7.21. The number of hydrogen-bond donors (Lipinski definition) is 1. The van der Waals surface area contributed by atoms with Gasteiger partial charge in [-0.25, -0.2) is 0 Å². The van der Waals surface area contributed by atoms with E-state index >= 15 is 0 Å². The molecule has 1 aliphatic carbocycles. The van der Waals surface area contributed by atoms with Crippen LogP contribution in [0.2, 0.25) is 0 Å². The highest BCUT2D eigenvalue weighted by molar-refractivity contribution is 5.44. The first-order chi connectivity index (χ1) is 10.0. The zero-order valence-corrected chi connectivity index (χ0v) is 14.7. The predicted molar refractivity (Wildman–Crippen MR) is 93.2 cm³/mol. The van der Waals surface area contributed by atoms with Crippen LogP contribution in [0, 0.1) is 0 Å². The molecular formula is C20H33N. The summed E-state index contributed by atoms with van der Waals surface area (Å²) in [6, 6.07) is 5.72. The molecule has 1 fully saturated rings. The van der Waals surface area contributed by atoms with E-state index in [2.05, 4.69) is 52.1 Å². The van der Waals surface area contributed by atoms with Crippen molar-refractivity contribution in [3.8, 4) is 0 Å². The predicted octanol–water partition coefficient (Wildman–Crippen LogP) is 4.79. The summed E-state index contributed by atoms with van der Waals surface area (Å²) in [5, 5.41) is 3.68. The number of benzene rings is 1. The van der Waals surface area contributed by atoms with E-state index in [1.54, 1.807) is 16.7 Å². The minimum atomic E-state index is 0.269. The smallest absolute Gasteiger partial charge is 0.00682 e. The van der Waals surface area contributed by atoms with Crippen LogP contribution >= 0.6 is 0 Å². The Labute approximate surface area is 131 Å². The molecule has 0 bridgehead atoms. The standard InChI is InChI=1S/C20H33N/c1-6-15-13-16(7-2)19(17(8-3)14-15)20(4,5)11-12-21-18-9-10-18/h13-14,18,21H,6-12H2,1-5H3. The van der Waals surface area contributed by atoms with Crippen LogP contribution in [0.1, 0.15) is 76.1 Å². The summed E-state index contributed by atoms with van der Waals surface area (Å²) >= 11 is 0.